The van der Waals surface area contributed by atoms with Crippen molar-refractivity contribution in [1.82, 2.24) is 19.1 Å². The predicted octanol–water partition coefficient (Wildman–Crippen LogP) is 3.51. The lowest BCUT2D eigenvalue weighted by molar-refractivity contribution is -0.117. The maximum Gasteiger partial charge on any atom is 0.264 e. The van der Waals surface area contributed by atoms with Crippen molar-refractivity contribution in [2.45, 2.75) is 25.7 Å². The van der Waals surface area contributed by atoms with Crippen molar-refractivity contribution >= 4 is 21.7 Å². The fourth-order valence-electron chi connectivity index (χ4n) is 3.56. The lowest BCUT2D eigenvalue weighted by atomic mass is 10.0. The van der Waals surface area contributed by atoms with Crippen molar-refractivity contribution in [2.75, 3.05) is 7.11 Å². The van der Waals surface area contributed by atoms with E-state index < -0.39 is 15.9 Å². The molecule has 0 aliphatic rings. The minimum atomic E-state index is -3.92. The molecule has 0 spiro atoms. The van der Waals surface area contributed by atoms with Gasteiger partial charge in [-0.05, 0) is 55.8 Å². The van der Waals surface area contributed by atoms with Crippen molar-refractivity contribution < 1.29 is 17.9 Å². The van der Waals surface area contributed by atoms with Gasteiger partial charge in [-0.2, -0.15) is 0 Å². The molecule has 2 aromatic carbocycles. The smallest absolute Gasteiger partial charge is 0.264 e. The van der Waals surface area contributed by atoms with Gasteiger partial charge in [0.1, 0.15) is 5.75 Å². The molecule has 0 fully saturated rings. The SMILES string of the molecule is COc1ccc(-c2nc3nc(C)ccn3c2-c2ccc(S(=O)(=O)NC(C)=O)cc2)cc1C. The van der Waals surface area contributed by atoms with Gasteiger partial charge >= 0.3 is 0 Å². The van der Waals surface area contributed by atoms with Gasteiger partial charge in [0.05, 0.1) is 23.4 Å². The molecule has 164 valence electrons. The topological polar surface area (TPSA) is 103 Å². The lowest BCUT2D eigenvalue weighted by Gasteiger charge is -2.10. The fourth-order valence-corrected chi connectivity index (χ4v) is 4.55. The first-order valence-electron chi connectivity index (χ1n) is 9.84. The predicted molar refractivity (Wildman–Crippen MR) is 121 cm³/mol. The number of rotatable bonds is 5. The Balaban J connectivity index is 1.89. The van der Waals surface area contributed by atoms with Crippen LogP contribution in [0.1, 0.15) is 18.2 Å². The summed E-state index contributed by atoms with van der Waals surface area (Å²) in [7, 11) is -2.29. The molecule has 0 unspecified atom stereocenters. The third-order valence-corrected chi connectivity index (χ3v) is 6.47. The molecule has 0 saturated heterocycles. The first-order chi connectivity index (χ1) is 15.2. The zero-order valence-corrected chi connectivity index (χ0v) is 18.9. The molecule has 32 heavy (non-hydrogen) atoms. The van der Waals surface area contributed by atoms with E-state index in [1.807, 2.05) is 53.4 Å². The molecule has 0 atom stereocenters. The number of benzene rings is 2. The van der Waals surface area contributed by atoms with Crippen molar-refractivity contribution in [3.8, 4) is 28.3 Å². The molecule has 0 saturated carbocycles. The quantitative estimate of drug-likeness (QED) is 0.499. The second kappa shape index (κ2) is 8.08. The van der Waals surface area contributed by atoms with E-state index in [0.717, 1.165) is 40.8 Å². The number of amides is 1. The molecule has 2 aromatic heterocycles. The molecular formula is C23H22N4O4S. The molecule has 1 amide bonds. The Labute approximate surface area is 186 Å². The average molecular weight is 451 g/mol. The van der Waals surface area contributed by atoms with Crippen LogP contribution in [-0.4, -0.2) is 35.8 Å². The lowest BCUT2D eigenvalue weighted by Crippen LogP contribution is -2.28. The number of aromatic nitrogens is 3. The molecule has 4 rings (SSSR count). The van der Waals surface area contributed by atoms with Crippen molar-refractivity contribution in [2.24, 2.45) is 0 Å². The Morgan fingerprint density at radius 2 is 1.69 bits per heavy atom. The van der Waals surface area contributed by atoms with Crippen LogP contribution < -0.4 is 9.46 Å². The second-order valence-corrected chi connectivity index (χ2v) is 9.10. The highest BCUT2D eigenvalue weighted by Crippen LogP contribution is 2.34. The van der Waals surface area contributed by atoms with E-state index in [-0.39, 0.29) is 4.90 Å². The average Bonchev–Trinajstić information content (AvgIpc) is 3.11. The second-order valence-electron chi connectivity index (χ2n) is 7.42. The third-order valence-electron chi connectivity index (χ3n) is 5.02. The first-order valence-corrected chi connectivity index (χ1v) is 11.3. The van der Waals surface area contributed by atoms with Gasteiger partial charge in [0.2, 0.25) is 11.7 Å². The monoisotopic (exact) mass is 450 g/mol. The molecule has 9 heteroatoms. The summed E-state index contributed by atoms with van der Waals surface area (Å²) in [5.74, 6) is 0.674. The summed E-state index contributed by atoms with van der Waals surface area (Å²) >= 11 is 0. The summed E-state index contributed by atoms with van der Waals surface area (Å²) in [4.78, 5) is 20.5. The number of ether oxygens (including phenoxy) is 1. The zero-order valence-electron chi connectivity index (χ0n) is 18.1. The van der Waals surface area contributed by atoms with E-state index >= 15 is 0 Å². The van der Waals surface area contributed by atoms with E-state index in [9.17, 15) is 13.2 Å². The van der Waals surface area contributed by atoms with Gasteiger partial charge in [0.25, 0.3) is 10.0 Å². The first kappa shape index (κ1) is 21.5. The highest BCUT2D eigenvalue weighted by atomic mass is 32.2. The Hall–Kier alpha value is -3.72. The standard InChI is InChI=1S/C23H22N4O4S/c1-14-13-18(7-10-20(14)31-4)21-22(27-12-11-15(2)24-23(27)25-21)17-5-8-19(9-6-17)32(29,30)26-16(3)28/h5-13H,1-4H3,(H,26,28). The summed E-state index contributed by atoms with van der Waals surface area (Å²) in [5.41, 5.74) is 4.94. The van der Waals surface area contributed by atoms with Crippen LogP contribution in [0.5, 0.6) is 5.75 Å². The summed E-state index contributed by atoms with van der Waals surface area (Å²) in [6.07, 6.45) is 1.89. The Bertz CT molecular complexity index is 1440. The van der Waals surface area contributed by atoms with Gasteiger partial charge < -0.3 is 4.74 Å². The molecule has 8 nitrogen and oxygen atoms in total. The molecule has 4 aromatic rings. The van der Waals surface area contributed by atoms with Gasteiger partial charge in [-0.3, -0.25) is 9.20 Å². The van der Waals surface area contributed by atoms with Crippen LogP contribution in [0.2, 0.25) is 0 Å². The molecule has 2 heterocycles. The molecule has 0 bridgehead atoms. The zero-order chi connectivity index (χ0) is 23.0. The van der Waals surface area contributed by atoms with E-state index in [2.05, 4.69) is 4.98 Å². The number of aryl methyl sites for hydroxylation is 2. The number of hydrogen-bond acceptors (Lipinski definition) is 6. The molecule has 0 aliphatic heterocycles. The Morgan fingerprint density at radius 1 is 1.00 bits per heavy atom. The maximum atomic E-state index is 12.3. The minimum absolute atomic E-state index is 0.00100. The molecule has 0 radical (unpaired) electrons. The molecule has 0 aliphatic carbocycles. The van der Waals surface area contributed by atoms with E-state index in [1.165, 1.54) is 12.1 Å². The van der Waals surface area contributed by atoms with Crippen molar-refractivity contribution in [1.29, 1.82) is 0 Å². The summed E-state index contributed by atoms with van der Waals surface area (Å²) in [5, 5.41) is 0. The number of nitrogens with zero attached hydrogens (tertiary/aromatic N) is 3. The number of nitrogens with one attached hydrogen (secondary N) is 1. The van der Waals surface area contributed by atoms with E-state index in [1.54, 1.807) is 19.2 Å². The third kappa shape index (κ3) is 3.94. The highest BCUT2D eigenvalue weighted by Gasteiger charge is 2.20. The Morgan fingerprint density at radius 3 is 2.31 bits per heavy atom. The van der Waals surface area contributed by atoms with E-state index in [0.29, 0.717) is 11.5 Å². The maximum absolute atomic E-state index is 12.3. The summed E-state index contributed by atoms with van der Waals surface area (Å²) in [6, 6.07) is 14.0. The van der Waals surface area contributed by atoms with Crippen molar-refractivity contribution in [3.05, 3.63) is 66.0 Å². The van der Waals surface area contributed by atoms with Crippen LogP contribution in [0.15, 0.2) is 59.6 Å². The van der Waals surface area contributed by atoms with Gasteiger partial charge in [-0.15, -0.1) is 0 Å². The van der Waals surface area contributed by atoms with Gasteiger partial charge in [-0.1, -0.05) is 12.1 Å². The number of hydrogen-bond donors (Lipinski definition) is 1. The van der Waals surface area contributed by atoms with Gasteiger partial charge in [0.15, 0.2) is 0 Å². The number of carbonyl (C=O) groups is 1. The number of fused-ring (bicyclic) bond motifs is 1. The van der Waals surface area contributed by atoms with Crippen molar-refractivity contribution in [3.63, 3.8) is 0 Å². The number of methoxy groups -OCH3 is 1. The molecular weight excluding hydrogens is 428 g/mol. The summed E-state index contributed by atoms with van der Waals surface area (Å²) in [6.45, 7) is 5.01. The number of imidazole rings is 1. The number of sulfonamides is 1. The van der Waals surface area contributed by atoms with Crippen LogP contribution in [0, 0.1) is 13.8 Å². The normalized spacial score (nSPS) is 11.5. The van der Waals surface area contributed by atoms with Crippen LogP contribution >= 0.6 is 0 Å². The summed E-state index contributed by atoms with van der Waals surface area (Å²) < 4.78 is 33.8. The van der Waals surface area contributed by atoms with Crippen LogP contribution in [0.4, 0.5) is 0 Å². The van der Waals surface area contributed by atoms with Crippen LogP contribution in [0.25, 0.3) is 28.3 Å². The van der Waals surface area contributed by atoms with Crippen LogP contribution in [-0.2, 0) is 14.8 Å². The highest BCUT2D eigenvalue weighted by molar-refractivity contribution is 7.90. The fraction of sp³-hybridized carbons (Fsp3) is 0.174. The number of carbonyl (C=O) groups excluding carboxylic acids is 1. The van der Waals surface area contributed by atoms with Gasteiger partial charge in [0, 0.05) is 29.9 Å². The Kier molecular flexibility index (Phi) is 5.43. The molecule has 1 N–H and O–H groups in total. The largest absolute Gasteiger partial charge is 0.496 e. The van der Waals surface area contributed by atoms with Crippen LogP contribution in [0.3, 0.4) is 0 Å². The minimum Gasteiger partial charge on any atom is -0.496 e. The van der Waals surface area contributed by atoms with E-state index in [4.69, 9.17) is 9.72 Å². The van der Waals surface area contributed by atoms with Gasteiger partial charge in [-0.25, -0.2) is 23.1 Å².